The second-order valence-electron chi connectivity index (χ2n) is 7.74. The molecule has 1 amide bonds. The normalized spacial score (nSPS) is 14.0. The summed E-state index contributed by atoms with van der Waals surface area (Å²) in [5.74, 6) is 2.60. The molecule has 1 aliphatic heterocycles. The zero-order chi connectivity index (χ0) is 23.2. The zero-order valence-electron chi connectivity index (χ0n) is 18.7. The van der Waals surface area contributed by atoms with Gasteiger partial charge >= 0.3 is 0 Å². The Morgan fingerprint density at radius 3 is 2.76 bits per heavy atom. The molecule has 172 valence electrons. The van der Waals surface area contributed by atoms with E-state index in [1.54, 1.807) is 26.4 Å². The first kappa shape index (κ1) is 22.3. The molecule has 1 saturated heterocycles. The van der Waals surface area contributed by atoms with E-state index in [1.807, 2.05) is 23.1 Å². The van der Waals surface area contributed by atoms with Crippen LogP contribution in [0.3, 0.4) is 0 Å². The highest BCUT2D eigenvalue weighted by molar-refractivity contribution is 5.79. The molecule has 3 heterocycles. The lowest BCUT2D eigenvalue weighted by molar-refractivity contribution is -0.125. The molecule has 2 aromatic heterocycles. The average Bonchev–Trinajstić information content (AvgIpc) is 3.54. The number of hydrogen-bond acceptors (Lipinski definition) is 8. The Morgan fingerprint density at radius 1 is 1.27 bits per heavy atom. The summed E-state index contributed by atoms with van der Waals surface area (Å²) in [7, 11) is 3.23. The number of furan rings is 1. The Morgan fingerprint density at radius 2 is 2.09 bits per heavy atom. The maximum Gasteiger partial charge on any atom is 0.266 e. The van der Waals surface area contributed by atoms with E-state index in [1.165, 1.54) is 6.26 Å². The molecule has 9 nitrogen and oxygen atoms in total. The third kappa shape index (κ3) is 4.95. The number of nitrogens with zero attached hydrogens (tertiary/aromatic N) is 3. The predicted molar refractivity (Wildman–Crippen MR) is 120 cm³/mol. The van der Waals surface area contributed by atoms with Gasteiger partial charge in [-0.15, -0.1) is 0 Å². The lowest BCUT2D eigenvalue weighted by Gasteiger charge is -2.31. The van der Waals surface area contributed by atoms with Crippen molar-refractivity contribution in [2.24, 2.45) is 5.92 Å². The van der Waals surface area contributed by atoms with Crippen LogP contribution in [0, 0.1) is 17.2 Å². The number of anilines is 1. The number of benzene rings is 1. The molecule has 1 aliphatic rings. The fraction of sp³-hybridized carbons (Fsp3) is 0.375. The van der Waals surface area contributed by atoms with Crippen LogP contribution in [0.5, 0.6) is 11.5 Å². The molecular formula is C24H26N4O5. The highest BCUT2D eigenvalue weighted by atomic mass is 16.5. The van der Waals surface area contributed by atoms with Crippen LogP contribution < -0.4 is 19.7 Å². The molecule has 0 spiro atoms. The Balaban J connectivity index is 1.30. The first-order chi connectivity index (χ1) is 16.1. The topological polar surface area (TPSA) is 114 Å². The van der Waals surface area contributed by atoms with E-state index in [4.69, 9.17) is 18.3 Å². The quantitative estimate of drug-likeness (QED) is 0.555. The average molecular weight is 450 g/mol. The van der Waals surface area contributed by atoms with E-state index in [9.17, 15) is 10.1 Å². The number of carbonyl (C=O) groups is 1. The van der Waals surface area contributed by atoms with E-state index >= 15 is 0 Å². The van der Waals surface area contributed by atoms with E-state index in [0.29, 0.717) is 50.5 Å². The first-order valence-electron chi connectivity index (χ1n) is 10.8. The number of aromatic nitrogens is 1. The minimum absolute atomic E-state index is 0.0384. The van der Waals surface area contributed by atoms with Gasteiger partial charge in [-0.05, 0) is 43.0 Å². The summed E-state index contributed by atoms with van der Waals surface area (Å²) in [5, 5.41) is 12.5. The first-order valence-corrected chi connectivity index (χ1v) is 10.8. The van der Waals surface area contributed by atoms with Crippen molar-refractivity contribution in [3.05, 3.63) is 47.9 Å². The fourth-order valence-corrected chi connectivity index (χ4v) is 3.97. The molecule has 0 atom stereocenters. The van der Waals surface area contributed by atoms with Crippen LogP contribution in [-0.4, -0.2) is 44.7 Å². The van der Waals surface area contributed by atoms with Crippen molar-refractivity contribution >= 4 is 11.8 Å². The van der Waals surface area contributed by atoms with Crippen LogP contribution in [0.2, 0.25) is 0 Å². The summed E-state index contributed by atoms with van der Waals surface area (Å²) in [6.45, 7) is 1.73. The van der Waals surface area contributed by atoms with Crippen molar-refractivity contribution in [2.45, 2.75) is 19.3 Å². The molecule has 9 heteroatoms. The molecule has 1 aromatic carbocycles. The summed E-state index contributed by atoms with van der Waals surface area (Å²) in [4.78, 5) is 18.9. The third-order valence-corrected chi connectivity index (χ3v) is 5.79. The van der Waals surface area contributed by atoms with Gasteiger partial charge in [-0.3, -0.25) is 4.79 Å². The molecule has 0 aliphatic carbocycles. The number of hydrogen-bond donors (Lipinski definition) is 1. The fourth-order valence-electron chi connectivity index (χ4n) is 3.97. The zero-order valence-corrected chi connectivity index (χ0v) is 18.7. The summed E-state index contributed by atoms with van der Waals surface area (Å²) in [5.41, 5.74) is 1.23. The van der Waals surface area contributed by atoms with E-state index in [2.05, 4.69) is 16.4 Å². The maximum absolute atomic E-state index is 12.7. The second kappa shape index (κ2) is 10.1. The van der Waals surface area contributed by atoms with Crippen LogP contribution in [0.4, 0.5) is 5.88 Å². The molecule has 4 rings (SSSR count). The van der Waals surface area contributed by atoms with Crippen LogP contribution in [0.1, 0.15) is 24.1 Å². The van der Waals surface area contributed by atoms with Crippen LogP contribution in [0.15, 0.2) is 45.4 Å². The second-order valence-corrected chi connectivity index (χ2v) is 7.74. The van der Waals surface area contributed by atoms with Crippen LogP contribution in [-0.2, 0) is 11.2 Å². The number of nitrogens with one attached hydrogen (secondary N) is 1. The number of carbonyl (C=O) groups excluding carboxylic acids is 1. The van der Waals surface area contributed by atoms with Crippen molar-refractivity contribution in [3.63, 3.8) is 0 Å². The van der Waals surface area contributed by atoms with E-state index in [-0.39, 0.29) is 23.4 Å². The van der Waals surface area contributed by atoms with Gasteiger partial charge in [0.05, 0.1) is 20.5 Å². The molecule has 0 saturated carbocycles. The molecule has 33 heavy (non-hydrogen) atoms. The van der Waals surface area contributed by atoms with Gasteiger partial charge in [0.15, 0.2) is 5.76 Å². The van der Waals surface area contributed by atoms with Crippen molar-refractivity contribution in [2.75, 3.05) is 38.8 Å². The predicted octanol–water partition coefficient (Wildman–Crippen LogP) is 3.40. The van der Waals surface area contributed by atoms with Gasteiger partial charge in [-0.2, -0.15) is 10.2 Å². The number of piperidine rings is 1. The van der Waals surface area contributed by atoms with Crippen molar-refractivity contribution in [3.8, 4) is 29.2 Å². The van der Waals surface area contributed by atoms with Crippen LogP contribution >= 0.6 is 0 Å². The van der Waals surface area contributed by atoms with E-state index in [0.717, 1.165) is 17.1 Å². The van der Waals surface area contributed by atoms with Crippen molar-refractivity contribution < 1.29 is 23.1 Å². The minimum Gasteiger partial charge on any atom is -0.497 e. The number of rotatable bonds is 8. The standard InChI is InChI=1S/C24H26N4O5/c1-30-18-6-5-16(21(14-18)31-2)7-10-26-22(29)17-8-11-28(12-9-17)24-19(15-25)27-23(33-24)20-4-3-13-32-20/h3-6,13-14,17H,7-12H2,1-2H3,(H,26,29). The lowest BCUT2D eigenvalue weighted by Crippen LogP contribution is -2.41. The van der Waals surface area contributed by atoms with Crippen molar-refractivity contribution in [1.29, 1.82) is 5.26 Å². The van der Waals surface area contributed by atoms with E-state index < -0.39 is 0 Å². The summed E-state index contributed by atoms with van der Waals surface area (Å²) in [6.07, 6.45) is 3.52. The summed E-state index contributed by atoms with van der Waals surface area (Å²) in [6, 6.07) is 11.2. The summed E-state index contributed by atoms with van der Waals surface area (Å²) >= 11 is 0. The number of methoxy groups -OCH3 is 2. The Kier molecular flexibility index (Phi) is 6.83. The third-order valence-electron chi connectivity index (χ3n) is 5.79. The lowest BCUT2D eigenvalue weighted by atomic mass is 9.96. The molecule has 0 bridgehead atoms. The molecule has 1 fully saturated rings. The van der Waals surface area contributed by atoms with Gasteiger partial charge in [0.1, 0.15) is 17.6 Å². The summed E-state index contributed by atoms with van der Waals surface area (Å²) < 4.78 is 21.8. The van der Waals surface area contributed by atoms with Crippen LogP contribution in [0.25, 0.3) is 11.7 Å². The highest BCUT2D eigenvalue weighted by Crippen LogP contribution is 2.31. The highest BCUT2D eigenvalue weighted by Gasteiger charge is 2.29. The van der Waals surface area contributed by atoms with Gasteiger partial charge in [-0.1, -0.05) is 6.07 Å². The molecule has 1 N–H and O–H groups in total. The Labute approximate surface area is 191 Å². The van der Waals surface area contributed by atoms with Crippen molar-refractivity contribution in [1.82, 2.24) is 10.3 Å². The SMILES string of the molecule is COc1ccc(CCNC(=O)C2CCN(c3oc(-c4ccco4)nc3C#N)CC2)c(OC)c1. The number of amides is 1. The Hall–Kier alpha value is -3.93. The molecule has 3 aromatic rings. The number of nitriles is 1. The van der Waals surface area contributed by atoms with Gasteiger partial charge < -0.3 is 28.5 Å². The maximum atomic E-state index is 12.7. The minimum atomic E-state index is -0.0861. The smallest absolute Gasteiger partial charge is 0.266 e. The molecule has 0 unspecified atom stereocenters. The Bertz CT molecular complexity index is 1120. The van der Waals surface area contributed by atoms with Gasteiger partial charge in [0.2, 0.25) is 17.5 Å². The van der Waals surface area contributed by atoms with Gasteiger partial charge in [0.25, 0.3) is 5.89 Å². The van der Waals surface area contributed by atoms with Gasteiger partial charge in [0, 0.05) is 31.6 Å². The monoisotopic (exact) mass is 450 g/mol. The molecular weight excluding hydrogens is 424 g/mol. The van der Waals surface area contributed by atoms with Gasteiger partial charge in [-0.25, -0.2) is 0 Å². The number of ether oxygens (including phenoxy) is 2. The largest absolute Gasteiger partial charge is 0.497 e. The molecule has 0 radical (unpaired) electrons. The number of oxazole rings is 1.